The number of fused-ring (bicyclic) bond motifs is 1. The van der Waals surface area contributed by atoms with E-state index in [0.29, 0.717) is 0 Å². The van der Waals surface area contributed by atoms with Crippen LogP contribution >= 0.6 is 0 Å². The number of hydrogen-bond donors (Lipinski definition) is 1. The number of aliphatic hydroxyl groups is 1. The maximum atomic E-state index is 9.96. The van der Waals surface area contributed by atoms with Gasteiger partial charge in [-0.05, 0) is 38.7 Å². The maximum absolute atomic E-state index is 9.96. The molecule has 1 aromatic rings. The summed E-state index contributed by atoms with van der Waals surface area (Å²) in [6, 6.07) is 2.09. The van der Waals surface area contributed by atoms with Gasteiger partial charge in [0, 0.05) is 24.1 Å². The summed E-state index contributed by atoms with van der Waals surface area (Å²) in [5.41, 5.74) is 2.57. The van der Waals surface area contributed by atoms with Gasteiger partial charge in [-0.15, -0.1) is 0 Å². The van der Waals surface area contributed by atoms with Crippen molar-refractivity contribution in [3.63, 3.8) is 0 Å². The SMILES string of the molecule is CC1(n2ccc3c2CCCC3O)CCOC1. The van der Waals surface area contributed by atoms with Crippen LogP contribution in [0.1, 0.15) is 43.5 Å². The molecule has 2 aliphatic rings. The van der Waals surface area contributed by atoms with E-state index in [-0.39, 0.29) is 11.6 Å². The number of rotatable bonds is 1. The van der Waals surface area contributed by atoms with Crippen molar-refractivity contribution < 1.29 is 9.84 Å². The average Bonchev–Trinajstić information content (AvgIpc) is 2.85. The van der Waals surface area contributed by atoms with Crippen LogP contribution < -0.4 is 0 Å². The molecule has 1 N–H and O–H groups in total. The summed E-state index contributed by atoms with van der Waals surface area (Å²) in [7, 11) is 0. The number of hydrogen-bond acceptors (Lipinski definition) is 2. The van der Waals surface area contributed by atoms with Gasteiger partial charge < -0.3 is 14.4 Å². The van der Waals surface area contributed by atoms with E-state index in [1.54, 1.807) is 0 Å². The molecule has 88 valence electrons. The predicted octanol–water partition coefficient (Wildman–Crippen LogP) is 1.99. The minimum absolute atomic E-state index is 0.102. The molecule has 2 atom stereocenters. The van der Waals surface area contributed by atoms with Gasteiger partial charge in [-0.25, -0.2) is 0 Å². The predicted molar refractivity (Wildman–Crippen MR) is 61.4 cm³/mol. The number of aromatic nitrogens is 1. The van der Waals surface area contributed by atoms with Crippen LogP contribution in [0.15, 0.2) is 12.3 Å². The van der Waals surface area contributed by atoms with Gasteiger partial charge in [-0.1, -0.05) is 0 Å². The normalized spacial score (nSPS) is 34.0. The summed E-state index contributed by atoms with van der Waals surface area (Å²) in [6.45, 7) is 3.90. The molecule has 0 bridgehead atoms. The van der Waals surface area contributed by atoms with Crippen molar-refractivity contribution in [3.8, 4) is 0 Å². The van der Waals surface area contributed by atoms with Crippen LogP contribution in [0.25, 0.3) is 0 Å². The quantitative estimate of drug-likeness (QED) is 0.787. The van der Waals surface area contributed by atoms with Crippen LogP contribution in [-0.4, -0.2) is 22.9 Å². The molecule has 1 aliphatic heterocycles. The molecule has 3 nitrogen and oxygen atoms in total. The third-order valence-electron chi connectivity index (χ3n) is 4.06. The summed E-state index contributed by atoms with van der Waals surface area (Å²) in [5.74, 6) is 0. The molecule has 1 aliphatic carbocycles. The van der Waals surface area contributed by atoms with E-state index < -0.39 is 0 Å². The van der Waals surface area contributed by atoms with Crippen LogP contribution in [0.5, 0.6) is 0 Å². The second-order valence-electron chi connectivity index (χ2n) is 5.30. The zero-order chi connectivity index (χ0) is 11.2. The highest BCUT2D eigenvalue weighted by Gasteiger charge is 2.34. The summed E-state index contributed by atoms with van der Waals surface area (Å²) in [4.78, 5) is 0. The van der Waals surface area contributed by atoms with Crippen molar-refractivity contribution >= 4 is 0 Å². The molecule has 0 spiro atoms. The van der Waals surface area contributed by atoms with E-state index >= 15 is 0 Å². The van der Waals surface area contributed by atoms with Gasteiger partial charge >= 0.3 is 0 Å². The van der Waals surface area contributed by atoms with E-state index in [1.807, 2.05) is 0 Å². The lowest BCUT2D eigenvalue weighted by atomic mass is 9.93. The molecule has 0 radical (unpaired) electrons. The minimum Gasteiger partial charge on any atom is -0.388 e. The third kappa shape index (κ3) is 1.42. The highest BCUT2D eigenvalue weighted by atomic mass is 16.5. The van der Waals surface area contributed by atoms with E-state index in [1.165, 1.54) is 5.69 Å². The van der Waals surface area contributed by atoms with Gasteiger partial charge in [0.05, 0.1) is 18.2 Å². The second kappa shape index (κ2) is 3.60. The van der Waals surface area contributed by atoms with Crippen LogP contribution in [0, 0.1) is 0 Å². The van der Waals surface area contributed by atoms with Crippen molar-refractivity contribution in [3.05, 3.63) is 23.5 Å². The molecular weight excluding hydrogens is 202 g/mol. The molecule has 1 aromatic heterocycles. The van der Waals surface area contributed by atoms with Crippen LogP contribution in [0.2, 0.25) is 0 Å². The van der Waals surface area contributed by atoms with Gasteiger partial charge in [0.15, 0.2) is 0 Å². The Morgan fingerprint density at radius 3 is 3.19 bits per heavy atom. The molecule has 3 heteroatoms. The fourth-order valence-corrected chi connectivity index (χ4v) is 3.02. The molecular formula is C13H19NO2. The molecule has 1 fully saturated rings. The van der Waals surface area contributed by atoms with Crippen molar-refractivity contribution in [1.29, 1.82) is 0 Å². The highest BCUT2D eigenvalue weighted by Crippen LogP contribution is 2.36. The first-order valence-corrected chi connectivity index (χ1v) is 6.17. The number of ether oxygens (including phenoxy) is 1. The Morgan fingerprint density at radius 2 is 2.44 bits per heavy atom. The van der Waals surface area contributed by atoms with E-state index in [9.17, 15) is 5.11 Å². The second-order valence-corrected chi connectivity index (χ2v) is 5.30. The van der Waals surface area contributed by atoms with Crippen molar-refractivity contribution in [1.82, 2.24) is 4.57 Å². The standard InChI is InChI=1S/C13H19NO2/c1-13(6-8-16-9-13)14-7-5-10-11(14)3-2-4-12(10)15/h5,7,12,15H,2-4,6,8-9H2,1H3. The molecule has 16 heavy (non-hydrogen) atoms. The first kappa shape index (κ1) is 10.4. The molecule has 2 unspecified atom stereocenters. The first-order chi connectivity index (χ1) is 7.71. The zero-order valence-electron chi connectivity index (χ0n) is 9.78. The third-order valence-corrected chi connectivity index (χ3v) is 4.06. The lowest BCUT2D eigenvalue weighted by molar-refractivity contribution is 0.147. The van der Waals surface area contributed by atoms with Crippen LogP contribution in [0.3, 0.4) is 0 Å². The zero-order valence-corrected chi connectivity index (χ0v) is 9.78. The molecule has 0 aromatic carbocycles. The topological polar surface area (TPSA) is 34.4 Å². The van der Waals surface area contributed by atoms with Crippen molar-refractivity contribution in [2.45, 2.75) is 44.2 Å². The monoisotopic (exact) mass is 221 g/mol. The Morgan fingerprint density at radius 1 is 1.56 bits per heavy atom. The van der Waals surface area contributed by atoms with Crippen molar-refractivity contribution in [2.75, 3.05) is 13.2 Å². The van der Waals surface area contributed by atoms with Gasteiger partial charge in [-0.2, -0.15) is 0 Å². The summed E-state index contributed by atoms with van der Waals surface area (Å²) >= 11 is 0. The Labute approximate surface area is 96.0 Å². The molecule has 0 saturated carbocycles. The molecule has 3 rings (SSSR count). The Bertz CT molecular complexity index is 391. The lowest BCUT2D eigenvalue weighted by Gasteiger charge is -2.29. The number of aliphatic hydroxyl groups excluding tert-OH is 1. The van der Waals surface area contributed by atoms with Gasteiger partial charge in [0.25, 0.3) is 0 Å². The molecule has 2 heterocycles. The summed E-state index contributed by atoms with van der Waals surface area (Å²) in [5, 5.41) is 9.96. The molecule has 0 amide bonds. The Hall–Kier alpha value is -0.800. The van der Waals surface area contributed by atoms with E-state index in [4.69, 9.17) is 4.74 Å². The largest absolute Gasteiger partial charge is 0.388 e. The summed E-state index contributed by atoms with van der Waals surface area (Å²) < 4.78 is 7.86. The smallest absolute Gasteiger partial charge is 0.0807 e. The Balaban J connectivity index is 2.02. The van der Waals surface area contributed by atoms with Crippen LogP contribution in [-0.2, 0) is 16.7 Å². The molecule has 1 saturated heterocycles. The highest BCUT2D eigenvalue weighted by molar-refractivity contribution is 5.29. The number of nitrogens with zero attached hydrogens (tertiary/aromatic N) is 1. The minimum atomic E-state index is -0.254. The van der Waals surface area contributed by atoms with Gasteiger partial charge in [0.1, 0.15) is 0 Å². The van der Waals surface area contributed by atoms with E-state index in [2.05, 4.69) is 23.8 Å². The van der Waals surface area contributed by atoms with Gasteiger partial charge in [-0.3, -0.25) is 0 Å². The first-order valence-electron chi connectivity index (χ1n) is 6.17. The fraction of sp³-hybridized carbons (Fsp3) is 0.692. The maximum Gasteiger partial charge on any atom is 0.0807 e. The average molecular weight is 221 g/mol. The van der Waals surface area contributed by atoms with Crippen LogP contribution in [0.4, 0.5) is 0 Å². The van der Waals surface area contributed by atoms with E-state index in [0.717, 1.165) is 44.5 Å². The van der Waals surface area contributed by atoms with Crippen molar-refractivity contribution in [2.24, 2.45) is 0 Å². The Kier molecular flexibility index (Phi) is 2.33. The van der Waals surface area contributed by atoms with Gasteiger partial charge in [0.2, 0.25) is 0 Å². The lowest BCUT2D eigenvalue weighted by Crippen LogP contribution is -2.32. The summed E-state index contributed by atoms with van der Waals surface area (Å²) in [6.07, 6.45) is 6.04. The fourth-order valence-electron chi connectivity index (χ4n) is 3.02.